The summed E-state index contributed by atoms with van der Waals surface area (Å²) < 4.78 is 5.12. The zero-order chi connectivity index (χ0) is 17.3. The van der Waals surface area contributed by atoms with Gasteiger partial charge in [-0.1, -0.05) is 26.0 Å². The Labute approximate surface area is 144 Å². The molecule has 0 aliphatic carbocycles. The Morgan fingerprint density at radius 1 is 1.33 bits per heavy atom. The van der Waals surface area contributed by atoms with Crippen molar-refractivity contribution in [2.45, 2.75) is 20.3 Å². The fraction of sp³-hybridized carbons (Fsp3) is 0.294. The first-order valence-electron chi connectivity index (χ1n) is 7.61. The number of nitrogens with zero attached hydrogens (tertiary/aromatic N) is 3. The van der Waals surface area contributed by atoms with E-state index >= 15 is 0 Å². The largest absolute Gasteiger partial charge is 0.497 e. The average molecular weight is 342 g/mol. The minimum Gasteiger partial charge on any atom is -0.497 e. The first-order chi connectivity index (χ1) is 11.5. The lowest BCUT2D eigenvalue weighted by Crippen LogP contribution is -2.35. The number of carbonyl (C=O) groups is 1. The summed E-state index contributed by atoms with van der Waals surface area (Å²) in [7, 11) is 1.60. The predicted octanol–water partition coefficient (Wildman–Crippen LogP) is 3.36. The smallest absolute Gasteiger partial charge is 0.283 e. The SMILES string of the molecule is COc1ccc(/C=C2/C(=N)N3N=C(CC(C)C)SC3=NC2=O)cc1. The van der Waals surface area contributed by atoms with Crippen molar-refractivity contribution < 1.29 is 9.53 Å². The monoisotopic (exact) mass is 342 g/mol. The third kappa shape index (κ3) is 3.26. The van der Waals surface area contributed by atoms with Gasteiger partial charge in [0.05, 0.1) is 12.7 Å². The number of methoxy groups -OCH3 is 1. The maximum Gasteiger partial charge on any atom is 0.283 e. The number of fused-ring (bicyclic) bond motifs is 1. The molecule has 2 aliphatic rings. The van der Waals surface area contributed by atoms with E-state index in [1.165, 1.54) is 16.8 Å². The lowest BCUT2D eigenvalue weighted by Gasteiger charge is -2.20. The standard InChI is InChI=1S/C17H18N4O2S/c1-10(2)8-14-20-21-15(18)13(16(22)19-17(21)24-14)9-11-4-6-12(23-3)7-5-11/h4-7,9-10,18H,8H2,1-3H3/b13-9-,18-15?. The summed E-state index contributed by atoms with van der Waals surface area (Å²) in [6.07, 6.45) is 2.46. The van der Waals surface area contributed by atoms with Crippen molar-refractivity contribution in [2.24, 2.45) is 16.0 Å². The van der Waals surface area contributed by atoms with Crippen LogP contribution in [0.15, 0.2) is 39.9 Å². The van der Waals surface area contributed by atoms with E-state index in [-0.39, 0.29) is 11.4 Å². The number of rotatable bonds is 4. The third-order valence-electron chi connectivity index (χ3n) is 3.51. The molecule has 6 nitrogen and oxygen atoms in total. The van der Waals surface area contributed by atoms with Gasteiger partial charge in [-0.05, 0) is 41.5 Å². The molecule has 0 saturated heterocycles. The molecule has 0 spiro atoms. The highest BCUT2D eigenvalue weighted by Gasteiger charge is 2.35. The molecule has 2 aliphatic heterocycles. The second-order valence-electron chi connectivity index (χ2n) is 5.88. The van der Waals surface area contributed by atoms with Crippen molar-refractivity contribution in [3.8, 4) is 5.75 Å². The Bertz CT molecular complexity index is 778. The van der Waals surface area contributed by atoms with Gasteiger partial charge in [0.1, 0.15) is 10.8 Å². The van der Waals surface area contributed by atoms with Crippen molar-refractivity contribution in [2.75, 3.05) is 7.11 Å². The molecule has 7 heteroatoms. The van der Waals surface area contributed by atoms with E-state index in [1.807, 2.05) is 24.3 Å². The molecule has 0 radical (unpaired) electrons. The van der Waals surface area contributed by atoms with Gasteiger partial charge in [-0.3, -0.25) is 10.2 Å². The molecule has 0 fully saturated rings. The van der Waals surface area contributed by atoms with Crippen molar-refractivity contribution in [3.05, 3.63) is 35.4 Å². The van der Waals surface area contributed by atoms with Gasteiger partial charge < -0.3 is 4.74 Å². The predicted molar refractivity (Wildman–Crippen MR) is 97.5 cm³/mol. The molecule has 1 aromatic rings. The van der Waals surface area contributed by atoms with Crippen molar-refractivity contribution in [1.82, 2.24) is 5.01 Å². The summed E-state index contributed by atoms with van der Waals surface area (Å²) in [5.41, 5.74) is 1.04. The van der Waals surface area contributed by atoms with Gasteiger partial charge in [0.25, 0.3) is 5.91 Å². The second-order valence-corrected chi connectivity index (χ2v) is 6.93. The molecule has 1 N–H and O–H groups in total. The molecule has 0 bridgehead atoms. The summed E-state index contributed by atoms with van der Waals surface area (Å²) in [6, 6.07) is 7.28. The van der Waals surface area contributed by atoms with Gasteiger partial charge in [-0.2, -0.15) is 15.1 Å². The van der Waals surface area contributed by atoms with Crippen LogP contribution >= 0.6 is 11.8 Å². The number of hydrogen-bond acceptors (Lipinski definition) is 5. The topological polar surface area (TPSA) is 78.1 Å². The molecule has 0 unspecified atom stereocenters. The highest BCUT2D eigenvalue weighted by molar-refractivity contribution is 8.26. The lowest BCUT2D eigenvalue weighted by atomic mass is 10.1. The highest BCUT2D eigenvalue weighted by Crippen LogP contribution is 2.30. The molecule has 0 atom stereocenters. The highest BCUT2D eigenvalue weighted by atomic mass is 32.2. The maximum absolute atomic E-state index is 12.3. The zero-order valence-corrected chi connectivity index (χ0v) is 14.6. The Morgan fingerprint density at radius 2 is 2.04 bits per heavy atom. The van der Waals surface area contributed by atoms with Gasteiger partial charge in [-0.25, -0.2) is 0 Å². The number of hydrogen-bond donors (Lipinski definition) is 1. The van der Waals surface area contributed by atoms with E-state index in [4.69, 9.17) is 10.1 Å². The number of benzene rings is 1. The van der Waals surface area contributed by atoms with Crippen LogP contribution in [-0.2, 0) is 4.79 Å². The minimum atomic E-state index is -0.407. The Hall–Kier alpha value is -2.41. The fourth-order valence-corrected chi connectivity index (χ4v) is 3.43. The Morgan fingerprint density at radius 3 is 2.67 bits per heavy atom. The van der Waals surface area contributed by atoms with Crippen LogP contribution in [-0.4, -0.2) is 34.1 Å². The van der Waals surface area contributed by atoms with Crippen molar-refractivity contribution in [3.63, 3.8) is 0 Å². The van der Waals surface area contributed by atoms with Crippen LogP contribution in [0.1, 0.15) is 25.8 Å². The fourth-order valence-electron chi connectivity index (χ4n) is 2.33. The van der Waals surface area contributed by atoms with Gasteiger partial charge in [-0.15, -0.1) is 0 Å². The molecule has 2 heterocycles. The zero-order valence-electron chi connectivity index (χ0n) is 13.7. The van der Waals surface area contributed by atoms with Crippen LogP contribution in [0.5, 0.6) is 5.75 Å². The Balaban J connectivity index is 1.88. The van der Waals surface area contributed by atoms with Crippen LogP contribution in [0.3, 0.4) is 0 Å². The van der Waals surface area contributed by atoms with Crippen LogP contribution in [0.25, 0.3) is 6.08 Å². The number of carbonyl (C=O) groups excluding carboxylic acids is 1. The van der Waals surface area contributed by atoms with Crippen LogP contribution in [0.2, 0.25) is 0 Å². The van der Waals surface area contributed by atoms with E-state index < -0.39 is 5.91 Å². The third-order valence-corrected chi connectivity index (χ3v) is 4.44. The summed E-state index contributed by atoms with van der Waals surface area (Å²) in [5.74, 6) is 0.849. The molecule has 1 amide bonds. The summed E-state index contributed by atoms with van der Waals surface area (Å²) in [4.78, 5) is 16.4. The van der Waals surface area contributed by atoms with Crippen LogP contribution < -0.4 is 4.74 Å². The van der Waals surface area contributed by atoms with Crippen molar-refractivity contribution in [1.29, 1.82) is 5.41 Å². The molecule has 1 aromatic carbocycles. The normalized spacial score (nSPS) is 18.8. The number of nitrogens with one attached hydrogen (secondary N) is 1. The maximum atomic E-state index is 12.3. The quantitative estimate of drug-likeness (QED) is 0.851. The van der Waals surface area contributed by atoms with E-state index in [2.05, 4.69) is 23.9 Å². The summed E-state index contributed by atoms with van der Waals surface area (Å²) >= 11 is 1.36. The first kappa shape index (κ1) is 16.4. The number of thioether (sulfide) groups is 1. The molecular weight excluding hydrogens is 324 g/mol. The van der Waals surface area contributed by atoms with E-state index in [9.17, 15) is 4.79 Å². The van der Waals surface area contributed by atoms with Gasteiger partial charge >= 0.3 is 0 Å². The number of amides is 1. The number of ether oxygens (including phenoxy) is 1. The van der Waals surface area contributed by atoms with Gasteiger partial charge in [0.2, 0.25) is 5.17 Å². The van der Waals surface area contributed by atoms with Crippen LogP contribution in [0.4, 0.5) is 0 Å². The molecule has 124 valence electrons. The summed E-state index contributed by atoms with van der Waals surface area (Å²) in [5, 5.41) is 15.5. The Kier molecular flexibility index (Phi) is 4.53. The van der Waals surface area contributed by atoms with E-state index in [0.29, 0.717) is 11.1 Å². The second kappa shape index (κ2) is 6.60. The molecule has 0 aromatic heterocycles. The van der Waals surface area contributed by atoms with Crippen molar-refractivity contribution >= 4 is 39.8 Å². The number of hydrazone groups is 1. The molecule has 24 heavy (non-hydrogen) atoms. The van der Waals surface area contributed by atoms with E-state index in [0.717, 1.165) is 22.8 Å². The number of aliphatic imine (C=N–C) groups is 1. The van der Waals surface area contributed by atoms with Gasteiger partial charge in [0, 0.05) is 6.42 Å². The average Bonchev–Trinajstić information content (AvgIpc) is 2.93. The summed E-state index contributed by atoms with van der Waals surface area (Å²) in [6.45, 7) is 4.21. The van der Waals surface area contributed by atoms with E-state index in [1.54, 1.807) is 13.2 Å². The first-order valence-corrected chi connectivity index (χ1v) is 8.42. The molecule has 0 saturated carbocycles. The molecular formula is C17H18N4O2S. The molecule has 3 rings (SSSR count). The minimum absolute atomic E-state index is 0.0621. The lowest BCUT2D eigenvalue weighted by molar-refractivity contribution is -0.114. The van der Waals surface area contributed by atoms with Crippen LogP contribution in [0, 0.1) is 11.3 Å². The van der Waals surface area contributed by atoms with Gasteiger partial charge in [0.15, 0.2) is 5.84 Å². The number of amidine groups is 2.